The molecule has 23 heavy (non-hydrogen) atoms. The number of benzene rings is 1. The van der Waals surface area contributed by atoms with Crippen molar-refractivity contribution in [2.24, 2.45) is 0 Å². The van der Waals surface area contributed by atoms with Crippen LogP contribution in [0.25, 0.3) is 5.57 Å². The summed E-state index contributed by atoms with van der Waals surface area (Å²) in [5.41, 5.74) is 7.04. The zero-order valence-electron chi connectivity index (χ0n) is 14.1. The molecule has 116 valence electrons. The van der Waals surface area contributed by atoms with E-state index in [1.165, 1.54) is 16.8 Å². The lowest BCUT2D eigenvalue weighted by Gasteiger charge is -2.18. The molecule has 0 spiro atoms. The van der Waals surface area contributed by atoms with Crippen LogP contribution in [0.5, 0.6) is 0 Å². The number of furan rings is 1. The number of hydrogen-bond acceptors (Lipinski definition) is 2. The predicted octanol–water partition coefficient (Wildman–Crippen LogP) is 5.13. The monoisotopic (exact) mass is 303 g/mol. The van der Waals surface area contributed by atoms with Gasteiger partial charge in [0.1, 0.15) is 5.76 Å². The first kappa shape index (κ1) is 15.4. The van der Waals surface area contributed by atoms with E-state index in [1.54, 1.807) is 6.26 Å². The van der Waals surface area contributed by atoms with Crippen LogP contribution in [-0.4, -0.2) is 14.1 Å². The highest BCUT2D eigenvalue weighted by Gasteiger charge is 2.17. The van der Waals surface area contributed by atoms with Gasteiger partial charge >= 0.3 is 0 Å². The molecule has 0 saturated carbocycles. The first-order valence-electron chi connectivity index (χ1n) is 7.75. The third-order valence-electron chi connectivity index (χ3n) is 4.23. The molecular weight excluding hydrogens is 282 g/mol. The van der Waals surface area contributed by atoms with Gasteiger partial charge in [0.15, 0.2) is 0 Å². The smallest absolute Gasteiger partial charge is 0.135 e. The fourth-order valence-corrected chi connectivity index (χ4v) is 2.73. The summed E-state index contributed by atoms with van der Waals surface area (Å²) >= 11 is 0. The maximum Gasteiger partial charge on any atom is 0.135 e. The minimum atomic E-state index is 0.885. The second-order valence-electron chi connectivity index (χ2n) is 5.93. The molecule has 3 rings (SSSR count). The van der Waals surface area contributed by atoms with Gasteiger partial charge in [0.05, 0.1) is 6.26 Å². The van der Waals surface area contributed by atoms with Crippen molar-refractivity contribution in [3.8, 4) is 0 Å². The van der Waals surface area contributed by atoms with Gasteiger partial charge in [0.25, 0.3) is 0 Å². The van der Waals surface area contributed by atoms with Gasteiger partial charge < -0.3 is 9.32 Å². The van der Waals surface area contributed by atoms with Crippen LogP contribution in [0.4, 0.5) is 5.69 Å². The van der Waals surface area contributed by atoms with E-state index in [0.29, 0.717) is 0 Å². The third-order valence-corrected chi connectivity index (χ3v) is 4.23. The van der Waals surface area contributed by atoms with Gasteiger partial charge in [-0.05, 0) is 54.8 Å². The lowest BCUT2D eigenvalue weighted by molar-refractivity contribution is 0.553. The normalized spacial score (nSPS) is 16.7. The molecule has 1 heterocycles. The summed E-state index contributed by atoms with van der Waals surface area (Å²) in [6.45, 7) is 4.23. The van der Waals surface area contributed by atoms with Crippen LogP contribution in [0.1, 0.15) is 25.2 Å². The average Bonchev–Trinajstić information content (AvgIpc) is 3.06. The highest BCUT2D eigenvalue weighted by Crippen LogP contribution is 2.35. The molecule has 1 aromatic heterocycles. The van der Waals surface area contributed by atoms with E-state index in [4.69, 9.17) is 4.42 Å². The van der Waals surface area contributed by atoms with Crippen LogP contribution < -0.4 is 4.90 Å². The van der Waals surface area contributed by atoms with E-state index >= 15 is 0 Å². The minimum Gasteiger partial charge on any atom is -0.464 e. The van der Waals surface area contributed by atoms with Gasteiger partial charge in [0.2, 0.25) is 0 Å². The first-order chi connectivity index (χ1) is 11.1. The van der Waals surface area contributed by atoms with Crippen molar-refractivity contribution in [3.63, 3.8) is 0 Å². The third kappa shape index (κ3) is 3.02. The zero-order chi connectivity index (χ0) is 16.4. The van der Waals surface area contributed by atoms with Crippen LogP contribution in [0, 0.1) is 6.42 Å². The van der Waals surface area contributed by atoms with Crippen molar-refractivity contribution in [1.82, 2.24) is 0 Å². The summed E-state index contributed by atoms with van der Waals surface area (Å²) in [4.78, 5) is 2.10. The van der Waals surface area contributed by atoms with E-state index in [2.05, 4.69) is 55.5 Å². The lowest BCUT2D eigenvalue weighted by Crippen LogP contribution is -2.08. The number of anilines is 1. The molecular formula is C21H21NO. The molecule has 0 saturated heterocycles. The topological polar surface area (TPSA) is 16.4 Å². The maximum atomic E-state index is 5.72. The summed E-state index contributed by atoms with van der Waals surface area (Å²) in [5, 5.41) is 0. The molecule has 0 N–H and O–H groups in total. The minimum absolute atomic E-state index is 0.885. The number of nitrogens with zero attached hydrogens (tertiary/aromatic N) is 1. The number of hydrogen-bond donors (Lipinski definition) is 0. The second kappa shape index (κ2) is 6.33. The standard InChI is InChI=1S/C21H21NO/c1-15-7-5-8-19(16(15)2)21(20-9-6-14-23-20)17-10-12-18(13-11-17)22(3)4/h5-6,8-14H,1-4H3. The van der Waals surface area contributed by atoms with Gasteiger partial charge in [-0.25, -0.2) is 0 Å². The van der Waals surface area contributed by atoms with E-state index in [9.17, 15) is 0 Å². The Morgan fingerprint density at radius 2 is 1.78 bits per heavy atom. The summed E-state index contributed by atoms with van der Waals surface area (Å²) in [7, 11) is 4.10. The molecule has 0 amide bonds. The Balaban J connectivity index is 2.18. The van der Waals surface area contributed by atoms with Crippen molar-refractivity contribution < 1.29 is 4.42 Å². The van der Waals surface area contributed by atoms with Crippen LogP contribution in [-0.2, 0) is 0 Å². The molecule has 0 fully saturated rings. The van der Waals surface area contributed by atoms with Crippen LogP contribution >= 0.6 is 0 Å². The molecule has 0 bridgehead atoms. The molecule has 2 nitrogen and oxygen atoms in total. The highest BCUT2D eigenvalue weighted by atomic mass is 16.3. The van der Waals surface area contributed by atoms with Gasteiger partial charge in [-0.3, -0.25) is 0 Å². The molecule has 0 aliphatic heterocycles. The second-order valence-corrected chi connectivity index (χ2v) is 5.93. The van der Waals surface area contributed by atoms with E-state index < -0.39 is 0 Å². The van der Waals surface area contributed by atoms with Gasteiger partial charge in [-0.2, -0.15) is 0 Å². The Morgan fingerprint density at radius 3 is 2.39 bits per heavy atom. The molecule has 2 radical (unpaired) electrons. The largest absolute Gasteiger partial charge is 0.464 e. The van der Waals surface area contributed by atoms with Gasteiger partial charge in [-0.15, -0.1) is 0 Å². The summed E-state index contributed by atoms with van der Waals surface area (Å²) in [6, 6.07) is 12.5. The molecule has 1 aromatic carbocycles. The summed E-state index contributed by atoms with van der Waals surface area (Å²) in [6.07, 6.45) is 9.08. The number of allylic oxidation sites excluding steroid dienone is 5. The van der Waals surface area contributed by atoms with E-state index in [-0.39, 0.29) is 0 Å². The quantitative estimate of drug-likeness (QED) is 0.781. The van der Waals surface area contributed by atoms with Crippen molar-refractivity contribution in [1.29, 1.82) is 0 Å². The van der Waals surface area contributed by atoms with Gasteiger partial charge in [0, 0.05) is 31.8 Å². The first-order valence-corrected chi connectivity index (χ1v) is 7.75. The Labute approximate surface area is 138 Å². The summed E-state index contributed by atoms with van der Waals surface area (Å²) in [5.74, 6) is 0.885. The highest BCUT2D eigenvalue weighted by molar-refractivity contribution is 5.85. The SMILES string of the molecule is CC1=C(C)C(=C(c2ccc(N(C)C)cc2)c2ccco2)C=C[C]1. The predicted molar refractivity (Wildman–Crippen MR) is 96.3 cm³/mol. The Kier molecular flexibility index (Phi) is 4.24. The van der Waals surface area contributed by atoms with Crippen LogP contribution in [0.15, 0.2) is 75.9 Å². The van der Waals surface area contributed by atoms with E-state index in [0.717, 1.165) is 22.5 Å². The number of rotatable bonds is 3. The summed E-state index contributed by atoms with van der Waals surface area (Å²) < 4.78 is 5.72. The van der Waals surface area contributed by atoms with Crippen molar-refractivity contribution >= 4 is 11.3 Å². The molecule has 2 aromatic rings. The molecule has 1 aliphatic carbocycles. The fourth-order valence-electron chi connectivity index (χ4n) is 2.73. The van der Waals surface area contributed by atoms with E-state index in [1.807, 2.05) is 32.3 Å². The van der Waals surface area contributed by atoms with Crippen molar-refractivity contribution in [2.45, 2.75) is 13.8 Å². The molecule has 0 atom stereocenters. The molecule has 1 aliphatic rings. The van der Waals surface area contributed by atoms with Crippen molar-refractivity contribution in [3.05, 3.63) is 89.3 Å². The zero-order valence-corrected chi connectivity index (χ0v) is 14.1. The Hall–Kier alpha value is -2.48. The van der Waals surface area contributed by atoms with Crippen molar-refractivity contribution in [2.75, 3.05) is 19.0 Å². The Bertz CT molecular complexity index is 772. The average molecular weight is 303 g/mol. The molecule has 0 unspecified atom stereocenters. The maximum absolute atomic E-state index is 5.72. The van der Waals surface area contributed by atoms with Crippen LogP contribution in [0.2, 0.25) is 0 Å². The van der Waals surface area contributed by atoms with Crippen LogP contribution in [0.3, 0.4) is 0 Å². The van der Waals surface area contributed by atoms with Gasteiger partial charge in [-0.1, -0.05) is 29.9 Å². The lowest BCUT2D eigenvalue weighted by atomic mass is 9.87. The Morgan fingerprint density at radius 1 is 1.04 bits per heavy atom. The fraction of sp³-hybridized carbons (Fsp3) is 0.190. The molecule has 2 heteroatoms.